The van der Waals surface area contributed by atoms with Crippen LogP contribution in [-0.2, 0) is 14.2 Å². The zero-order valence-electron chi connectivity index (χ0n) is 12.9. The molecule has 0 bridgehead atoms. The van der Waals surface area contributed by atoms with Gasteiger partial charge in [-0.3, -0.25) is 0 Å². The van der Waals surface area contributed by atoms with E-state index in [1.165, 1.54) is 11.8 Å². The van der Waals surface area contributed by atoms with Gasteiger partial charge in [-0.15, -0.1) is 0 Å². The second-order valence-corrected chi connectivity index (χ2v) is 7.50. The first-order chi connectivity index (χ1) is 8.68. The lowest BCUT2D eigenvalue weighted by molar-refractivity contribution is -0.342. The van der Waals surface area contributed by atoms with Gasteiger partial charge in [0.1, 0.15) is 12.2 Å². The van der Waals surface area contributed by atoms with Gasteiger partial charge in [0.05, 0.1) is 0 Å². The summed E-state index contributed by atoms with van der Waals surface area (Å²) in [4.78, 5) is 0. The van der Waals surface area contributed by atoms with E-state index in [1.54, 1.807) is 0 Å². The predicted molar refractivity (Wildman–Crippen MR) is 84.5 cm³/mol. The number of thiocarbonyl (C=S) groups is 1. The van der Waals surface area contributed by atoms with Gasteiger partial charge in [0.15, 0.2) is 11.9 Å². The first-order valence-electron chi connectivity index (χ1n) is 6.78. The number of hydrogen-bond acceptors (Lipinski definition) is 5. The normalized spacial score (nSPS) is 30.7. The highest BCUT2D eigenvalue weighted by molar-refractivity contribution is 8.22. The lowest BCUT2D eigenvalue weighted by atomic mass is 9.90. The minimum absolute atomic E-state index is 0.0127. The summed E-state index contributed by atoms with van der Waals surface area (Å²) in [6.07, 6.45) is 1.75. The molecule has 1 rings (SSSR count). The van der Waals surface area contributed by atoms with Crippen LogP contribution in [0.25, 0.3) is 0 Å². The lowest BCUT2D eigenvalue weighted by Gasteiger charge is -2.48. The van der Waals surface area contributed by atoms with Gasteiger partial charge in [0.25, 0.3) is 0 Å². The van der Waals surface area contributed by atoms with Crippen molar-refractivity contribution >= 4 is 28.4 Å². The largest absolute Gasteiger partial charge is 0.470 e. The molecule has 112 valence electrons. The van der Waals surface area contributed by atoms with Crippen molar-refractivity contribution in [3.63, 3.8) is 0 Å². The van der Waals surface area contributed by atoms with Gasteiger partial charge < -0.3 is 14.2 Å². The molecule has 0 N–H and O–H groups in total. The molecular weight excluding hydrogens is 280 g/mol. The van der Waals surface area contributed by atoms with E-state index in [9.17, 15) is 0 Å². The molecule has 5 heteroatoms. The van der Waals surface area contributed by atoms with E-state index in [4.69, 9.17) is 26.4 Å². The summed E-state index contributed by atoms with van der Waals surface area (Å²) in [5, 5.41) is 0. The van der Waals surface area contributed by atoms with Crippen molar-refractivity contribution in [1.82, 2.24) is 0 Å². The fourth-order valence-electron chi connectivity index (χ4n) is 2.33. The number of ether oxygens (including phenoxy) is 3. The molecule has 0 saturated carbocycles. The second kappa shape index (κ2) is 6.74. The van der Waals surface area contributed by atoms with Crippen LogP contribution in [-0.4, -0.2) is 34.7 Å². The summed E-state index contributed by atoms with van der Waals surface area (Å²) < 4.78 is 18.6. The Morgan fingerprint density at radius 1 is 1.11 bits per heavy atom. The van der Waals surface area contributed by atoms with Crippen molar-refractivity contribution in [1.29, 1.82) is 0 Å². The molecule has 19 heavy (non-hydrogen) atoms. The first-order valence-corrected chi connectivity index (χ1v) is 8.41. The zero-order chi connectivity index (χ0) is 14.8. The number of rotatable bonds is 3. The van der Waals surface area contributed by atoms with Crippen LogP contribution in [0.1, 0.15) is 41.5 Å². The van der Waals surface area contributed by atoms with Gasteiger partial charge in [-0.05, 0) is 44.2 Å². The van der Waals surface area contributed by atoms with E-state index in [-0.39, 0.29) is 18.3 Å². The summed E-state index contributed by atoms with van der Waals surface area (Å²) in [5.41, 5.74) is 0. The first kappa shape index (κ1) is 17.2. The molecule has 0 aromatic heterocycles. The van der Waals surface area contributed by atoms with Gasteiger partial charge in [-0.1, -0.05) is 39.5 Å². The van der Waals surface area contributed by atoms with Crippen molar-refractivity contribution in [2.45, 2.75) is 65.6 Å². The maximum absolute atomic E-state index is 6.06. The fourth-order valence-corrected chi connectivity index (χ4v) is 2.65. The van der Waals surface area contributed by atoms with Crippen LogP contribution in [0.2, 0.25) is 0 Å². The Bertz CT molecular complexity index is 296. The topological polar surface area (TPSA) is 27.7 Å². The van der Waals surface area contributed by atoms with E-state index in [2.05, 4.69) is 27.7 Å². The number of thioether (sulfide) groups is 1. The molecular formula is C14H26O3S2. The molecule has 3 nitrogen and oxygen atoms in total. The second-order valence-electron chi connectivity index (χ2n) is 6.09. The van der Waals surface area contributed by atoms with Crippen molar-refractivity contribution in [3.8, 4) is 0 Å². The molecule has 0 amide bonds. The molecule has 1 heterocycles. The van der Waals surface area contributed by atoms with Crippen LogP contribution in [0.5, 0.6) is 0 Å². The van der Waals surface area contributed by atoms with Crippen LogP contribution in [0.15, 0.2) is 0 Å². The quantitative estimate of drug-likeness (QED) is 0.738. The van der Waals surface area contributed by atoms with Crippen LogP contribution in [0.3, 0.4) is 0 Å². The van der Waals surface area contributed by atoms with Crippen LogP contribution in [0, 0.1) is 11.8 Å². The summed E-state index contributed by atoms with van der Waals surface area (Å²) in [6, 6.07) is 0. The molecule has 0 aliphatic carbocycles. The Morgan fingerprint density at radius 2 is 1.53 bits per heavy atom. The average Bonchev–Trinajstić information content (AvgIpc) is 2.29. The lowest BCUT2D eigenvalue weighted by Crippen LogP contribution is -2.58. The molecule has 1 aliphatic rings. The highest BCUT2D eigenvalue weighted by atomic mass is 32.2. The summed E-state index contributed by atoms with van der Waals surface area (Å²) in [6.45, 7) is 12.5. The van der Waals surface area contributed by atoms with E-state index in [1.807, 2.05) is 20.1 Å². The third-order valence-corrected chi connectivity index (χ3v) is 4.23. The fraction of sp³-hybridized carbons (Fsp3) is 0.929. The molecule has 1 saturated heterocycles. The molecule has 0 aromatic carbocycles. The van der Waals surface area contributed by atoms with E-state index in [0.717, 1.165) is 0 Å². The molecule has 0 aromatic rings. The van der Waals surface area contributed by atoms with Crippen LogP contribution >= 0.6 is 24.0 Å². The third-order valence-electron chi connectivity index (χ3n) is 3.20. The van der Waals surface area contributed by atoms with Crippen molar-refractivity contribution in [3.05, 3.63) is 0 Å². The third kappa shape index (κ3) is 4.59. The molecule has 1 aliphatic heterocycles. The molecule has 0 radical (unpaired) electrons. The predicted octanol–water partition coefficient (Wildman–Crippen LogP) is 3.85. The maximum Gasteiger partial charge on any atom is 0.220 e. The van der Waals surface area contributed by atoms with Gasteiger partial charge >= 0.3 is 0 Å². The van der Waals surface area contributed by atoms with Gasteiger partial charge in [0.2, 0.25) is 4.38 Å². The highest BCUT2D eigenvalue weighted by Gasteiger charge is 2.47. The van der Waals surface area contributed by atoms with E-state index in [0.29, 0.717) is 16.2 Å². The zero-order valence-corrected chi connectivity index (χ0v) is 14.6. The van der Waals surface area contributed by atoms with Crippen LogP contribution in [0.4, 0.5) is 0 Å². The van der Waals surface area contributed by atoms with Gasteiger partial charge in [-0.2, -0.15) is 0 Å². The van der Waals surface area contributed by atoms with Gasteiger partial charge in [0, 0.05) is 0 Å². The summed E-state index contributed by atoms with van der Waals surface area (Å²) in [5.74, 6) is 0.114. The minimum atomic E-state index is -0.579. The minimum Gasteiger partial charge on any atom is -0.470 e. The summed E-state index contributed by atoms with van der Waals surface area (Å²) >= 11 is 6.65. The Morgan fingerprint density at radius 3 is 1.84 bits per heavy atom. The van der Waals surface area contributed by atoms with Crippen molar-refractivity contribution in [2.24, 2.45) is 11.8 Å². The molecule has 0 spiro atoms. The van der Waals surface area contributed by atoms with E-state index >= 15 is 0 Å². The average molecular weight is 306 g/mol. The molecule has 2 atom stereocenters. The Balaban J connectivity index is 2.98. The maximum atomic E-state index is 6.06. The standard InChI is InChI=1S/C14H26O3S2/c1-8(2)10-12(15-13(18)19-7)11(9(3)4)17-14(5,6)16-10/h8-12H,1-7H3/t10-,11-/m0/s1. The van der Waals surface area contributed by atoms with Gasteiger partial charge in [-0.25, -0.2) is 0 Å². The SMILES string of the molecule is CSC(=S)OC1[C@H](C(C)C)OC(C)(C)O[C@H]1C(C)C. The Kier molecular flexibility index (Phi) is 6.11. The Hall–Kier alpha value is 0.160. The van der Waals surface area contributed by atoms with E-state index < -0.39 is 5.79 Å². The van der Waals surface area contributed by atoms with Crippen molar-refractivity contribution < 1.29 is 14.2 Å². The Labute approximate surface area is 126 Å². The molecule has 1 fully saturated rings. The monoisotopic (exact) mass is 306 g/mol. The number of hydrogen-bond donors (Lipinski definition) is 0. The van der Waals surface area contributed by atoms with Crippen molar-refractivity contribution in [2.75, 3.05) is 6.26 Å². The molecule has 0 unspecified atom stereocenters. The van der Waals surface area contributed by atoms with Crippen LogP contribution < -0.4 is 0 Å². The smallest absolute Gasteiger partial charge is 0.220 e. The summed E-state index contributed by atoms with van der Waals surface area (Å²) in [7, 11) is 0. The highest BCUT2D eigenvalue weighted by Crippen LogP contribution is 2.35.